The van der Waals surface area contributed by atoms with Crippen molar-refractivity contribution in [2.24, 2.45) is 0 Å². The Balaban J connectivity index is 2.35. The van der Waals surface area contributed by atoms with Crippen molar-refractivity contribution in [2.75, 3.05) is 0 Å². The summed E-state index contributed by atoms with van der Waals surface area (Å²) in [6.45, 7) is 7.46. The highest BCUT2D eigenvalue weighted by molar-refractivity contribution is 5.77. The van der Waals surface area contributed by atoms with Gasteiger partial charge in [0.25, 0.3) is 0 Å². The first-order valence-electron chi connectivity index (χ1n) is 6.21. The minimum Gasteiger partial charge on any atom is -0.443 e. The lowest BCUT2D eigenvalue weighted by Gasteiger charge is -2.20. The third kappa shape index (κ3) is 3.22. The number of aryl methyl sites for hydroxylation is 1. The van der Waals surface area contributed by atoms with Gasteiger partial charge >= 0.3 is 6.09 Å². The van der Waals surface area contributed by atoms with Crippen LogP contribution in [0.5, 0.6) is 0 Å². The molecule has 0 saturated heterocycles. The summed E-state index contributed by atoms with van der Waals surface area (Å²) in [7, 11) is 0. The summed E-state index contributed by atoms with van der Waals surface area (Å²) in [5.41, 5.74) is 1.89. The number of carbonyl (C=O) groups excluding carboxylic acids is 1. The Morgan fingerprint density at radius 3 is 2.58 bits per heavy atom. The number of ether oxygens (including phenoxy) is 1. The SMILES string of the molecule is Cc1cccc(-c2cccn2C(=O)OC(C)(C)C)n1. The van der Waals surface area contributed by atoms with Gasteiger partial charge in [-0.25, -0.2) is 4.79 Å². The second-order valence-corrected chi connectivity index (χ2v) is 5.41. The van der Waals surface area contributed by atoms with Gasteiger partial charge in [-0.05, 0) is 52.0 Å². The minimum absolute atomic E-state index is 0.393. The van der Waals surface area contributed by atoms with Crippen molar-refractivity contribution < 1.29 is 9.53 Å². The molecule has 19 heavy (non-hydrogen) atoms. The van der Waals surface area contributed by atoms with E-state index >= 15 is 0 Å². The second-order valence-electron chi connectivity index (χ2n) is 5.41. The zero-order valence-electron chi connectivity index (χ0n) is 11.7. The molecular weight excluding hydrogens is 240 g/mol. The van der Waals surface area contributed by atoms with Gasteiger partial charge in [-0.2, -0.15) is 0 Å². The highest BCUT2D eigenvalue weighted by Gasteiger charge is 2.20. The number of carbonyl (C=O) groups is 1. The van der Waals surface area contributed by atoms with Crippen molar-refractivity contribution in [1.82, 2.24) is 9.55 Å². The summed E-state index contributed by atoms with van der Waals surface area (Å²) in [5, 5.41) is 0. The summed E-state index contributed by atoms with van der Waals surface area (Å²) in [4.78, 5) is 16.5. The average Bonchev–Trinajstić information content (AvgIpc) is 2.75. The van der Waals surface area contributed by atoms with Gasteiger partial charge in [0.05, 0.1) is 11.4 Å². The molecule has 0 spiro atoms. The van der Waals surface area contributed by atoms with Gasteiger partial charge in [0, 0.05) is 11.9 Å². The largest absolute Gasteiger partial charge is 0.443 e. The quantitative estimate of drug-likeness (QED) is 0.784. The molecule has 0 bridgehead atoms. The Bertz CT molecular complexity index is 594. The maximum absolute atomic E-state index is 12.1. The molecular formula is C15H18N2O2. The number of hydrogen-bond donors (Lipinski definition) is 0. The van der Waals surface area contributed by atoms with Gasteiger partial charge < -0.3 is 4.74 Å². The lowest BCUT2D eigenvalue weighted by Crippen LogP contribution is -2.27. The number of hydrogen-bond acceptors (Lipinski definition) is 3. The predicted octanol–water partition coefficient (Wildman–Crippen LogP) is 3.64. The molecule has 2 heterocycles. The molecule has 4 nitrogen and oxygen atoms in total. The molecule has 0 aromatic carbocycles. The van der Waals surface area contributed by atoms with Gasteiger partial charge in [-0.1, -0.05) is 6.07 Å². The van der Waals surface area contributed by atoms with Gasteiger partial charge in [0.2, 0.25) is 0 Å². The van der Waals surface area contributed by atoms with E-state index in [1.165, 1.54) is 4.57 Å². The molecule has 0 aliphatic carbocycles. The predicted molar refractivity (Wildman–Crippen MR) is 74.0 cm³/mol. The van der Waals surface area contributed by atoms with Gasteiger partial charge in [0.1, 0.15) is 5.60 Å². The molecule has 0 saturated carbocycles. The number of aromatic nitrogens is 2. The summed E-state index contributed by atoms with van der Waals surface area (Å²) in [6, 6.07) is 9.38. The fourth-order valence-corrected chi connectivity index (χ4v) is 1.75. The summed E-state index contributed by atoms with van der Waals surface area (Å²) >= 11 is 0. The third-order valence-corrected chi connectivity index (χ3v) is 2.49. The van der Waals surface area contributed by atoms with Gasteiger partial charge in [-0.15, -0.1) is 0 Å². The van der Waals surface area contributed by atoms with Crippen LogP contribution in [0, 0.1) is 6.92 Å². The Labute approximate surface area is 113 Å². The van der Waals surface area contributed by atoms with Crippen molar-refractivity contribution in [1.29, 1.82) is 0 Å². The summed E-state index contributed by atoms with van der Waals surface area (Å²) < 4.78 is 6.85. The van der Waals surface area contributed by atoms with Crippen LogP contribution in [-0.4, -0.2) is 21.2 Å². The third-order valence-electron chi connectivity index (χ3n) is 2.49. The molecule has 0 N–H and O–H groups in total. The Morgan fingerprint density at radius 1 is 1.21 bits per heavy atom. The lowest BCUT2D eigenvalue weighted by molar-refractivity contribution is 0.0540. The molecule has 0 unspecified atom stereocenters. The standard InChI is InChI=1S/C15H18N2O2/c1-11-7-5-8-12(16-11)13-9-6-10-17(13)14(18)19-15(2,3)4/h5-10H,1-4H3. The second kappa shape index (κ2) is 4.88. The average molecular weight is 258 g/mol. The highest BCUT2D eigenvalue weighted by Crippen LogP contribution is 2.20. The monoisotopic (exact) mass is 258 g/mol. The summed E-state index contributed by atoms with van der Waals surface area (Å²) in [6.07, 6.45) is 1.30. The van der Waals surface area contributed by atoms with E-state index in [0.717, 1.165) is 17.1 Å². The van der Waals surface area contributed by atoms with Gasteiger partial charge in [0.15, 0.2) is 0 Å². The Morgan fingerprint density at radius 2 is 1.95 bits per heavy atom. The molecule has 0 aliphatic rings. The Hall–Kier alpha value is -2.10. The van der Waals surface area contributed by atoms with Crippen molar-refractivity contribution >= 4 is 6.09 Å². The van der Waals surface area contributed by atoms with Crippen molar-refractivity contribution in [2.45, 2.75) is 33.3 Å². The van der Waals surface area contributed by atoms with E-state index in [-0.39, 0.29) is 0 Å². The highest BCUT2D eigenvalue weighted by atomic mass is 16.6. The molecule has 0 radical (unpaired) electrons. The van der Waals surface area contributed by atoms with E-state index in [4.69, 9.17) is 4.74 Å². The number of rotatable bonds is 1. The maximum Gasteiger partial charge on any atom is 0.419 e. The van der Waals surface area contributed by atoms with Crippen LogP contribution >= 0.6 is 0 Å². The molecule has 0 amide bonds. The molecule has 4 heteroatoms. The van der Waals surface area contributed by atoms with E-state index in [0.29, 0.717) is 0 Å². The van der Waals surface area contributed by atoms with Crippen LogP contribution in [0.25, 0.3) is 11.4 Å². The van der Waals surface area contributed by atoms with Crippen molar-refractivity contribution in [3.05, 3.63) is 42.2 Å². The molecule has 0 fully saturated rings. The van der Waals surface area contributed by atoms with Crippen LogP contribution in [0.4, 0.5) is 4.79 Å². The first-order valence-corrected chi connectivity index (χ1v) is 6.21. The van der Waals surface area contributed by atoms with Crippen LogP contribution in [-0.2, 0) is 4.74 Å². The zero-order chi connectivity index (χ0) is 14.0. The topological polar surface area (TPSA) is 44.1 Å². The smallest absolute Gasteiger partial charge is 0.419 e. The van der Waals surface area contributed by atoms with Crippen LogP contribution in [0.15, 0.2) is 36.5 Å². The van der Waals surface area contributed by atoms with Crippen molar-refractivity contribution in [3.63, 3.8) is 0 Å². The molecule has 2 aromatic rings. The van der Waals surface area contributed by atoms with E-state index < -0.39 is 11.7 Å². The molecule has 0 aliphatic heterocycles. The van der Waals surface area contributed by atoms with Crippen molar-refractivity contribution in [3.8, 4) is 11.4 Å². The lowest BCUT2D eigenvalue weighted by atomic mass is 10.2. The van der Waals surface area contributed by atoms with E-state index in [1.54, 1.807) is 6.20 Å². The van der Waals surface area contributed by atoms with Gasteiger partial charge in [-0.3, -0.25) is 9.55 Å². The first-order chi connectivity index (χ1) is 8.87. The fourth-order valence-electron chi connectivity index (χ4n) is 1.75. The summed E-state index contributed by atoms with van der Waals surface area (Å²) in [5.74, 6) is 0. The molecule has 2 aromatic heterocycles. The van der Waals surface area contributed by atoms with Crippen LogP contribution in [0.1, 0.15) is 26.5 Å². The van der Waals surface area contributed by atoms with E-state index in [2.05, 4.69) is 4.98 Å². The number of pyridine rings is 1. The molecule has 2 rings (SSSR count). The van der Waals surface area contributed by atoms with Crippen LogP contribution in [0.2, 0.25) is 0 Å². The maximum atomic E-state index is 12.1. The van der Waals surface area contributed by atoms with E-state index in [9.17, 15) is 4.79 Å². The van der Waals surface area contributed by atoms with Crippen LogP contribution < -0.4 is 0 Å². The molecule has 0 atom stereocenters. The normalized spacial score (nSPS) is 11.4. The Kier molecular flexibility index (Phi) is 3.42. The van der Waals surface area contributed by atoms with E-state index in [1.807, 2.05) is 58.0 Å². The number of nitrogens with zero attached hydrogens (tertiary/aromatic N) is 2. The zero-order valence-corrected chi connectivity index (χ0v) is 11.7. The van der Waals surface area contributed by atoms with Crippen LogP contribution in [0.3, 0.4) is 0 Å². The minimum atomic E-state index is -0.515. The fraction of sp³-hybridized carbons (Fsp3) is 0.333. The first kappa shape index (κ1) is 13.3. The molecule has 100 valence electrons.